The van der Waals surface area contributed by atoms with E-state index in [4.69, 9.17) is 4.74 Å². The number of halogens is 1. The second-order valence-corrected chi connectivity index (χ2v) is 8.33. The molecule has 0 heterocycles. The second kappa shape index (κ2) is 5.57. The third-order valence-corrected chi connectivity index (χ3v) is 6.39. The van der Waals surface area contributed by atoms with Gasteiger partial charge in [0, 0.05) is 9.89 Å². The molecule has 128 valence electrons. The topological polar surface area (TPSA) is 26.3 Å². The summed E-state index contributed by atoms with van der Waals surface area (Å²) in [6, 6.07) is 10.6. The molecule has 0 aromatic heterocycles. The Hall–Kier alpha value is -1.87. The Labute approximate surface area is 157 Å². The average molecular weight is 397 g/mol. The van der Waals surface area contributed by atoms with Crippen molar-refractivity contribution >= 4 is 27.3 Å². The number of fused-ring (bicyclic) bond motifs is 3. The van der Waals surface area contributed by atoms with E-state index in [-0.39, 0.29) is 11.2 Å². The lowest BCUT2D eigenvalue weighted by molar-refractivity contribution is 0.101. The molecule has 0 radical (unpaired) electrons. The van der Waals surface area contributed by atoms with Gasteiger partial charge in [-0.05, 0) is 65.8 Å². The molecule has 2 aromatic rings. The van der Waals surface area contributed by atoms with Crippen molar-refractivity contribution in [3.8, 4) is 5.75 Å². The Morgan fingerprint density at radius 1 is 1.16 bits per heavy atom. The monoisotopic (exact) mass is 396 g/mol. The molecular formula is C22H21BrO2. The van der Waals surface area contributed by atoms with Crippen LogP contribution < -0.4 is 4.74 Å². The number of carbonyl (C=O) groups is 1. The zero-order chi connectivity index (χ0) is 17.9. The van der Waals surface area contributed by atoms with Gasteiger partial charge in [0.25, 0.3) is 0 Å². The second-order valence-electron chi connectivity index (χ2n) is 7.48. The maximum absolute atomic E-state index is 12.1. The van der Waals surface area contributed by atoms with Crippen LogP contribution in [0.5, 0.6) is 5.75 Å². The number of hydrogen-bond acceptors (Lipinski definition) is 2. The molecule has 3 heteroatoms. The van der Waals surface area contributed by atoms with Crippen LogP contribution in [0.1, 0.15) is 53.4 Å². The van der Waals surface area contributed by atoms with Crippen LogP contribution in [0, 0.1) is 0 Å². The molecular weight excluding hydrogens is 376 g/mol. The number of rotatable bonds is 2. The van der Waals surface area contributed by atoms with Crippen molar-refractivity contribution in [2.24, 2.45) is 0 Å². The predicted octanol–water partition coefficient (Wildman–Crippen LogP) is 5.50. The number of ketones is 1. The first kappa shape index (κ1) is 16.6. The SMILES string of the molecule is COc1cc2c(cc1C(C)=O)CC1=C(Cc3cccc(Br)c31)C2(C)C. The molecule has 0 unspecified atom stereocenters. The minimum Gasteiger partial charge on any atom is -0.496 e. The van der Waals surface area contributed by atoms with E-state index in [1.807, 2.05) is 6.07 Å². The molecule has 0 bridgehead atoms. The summed E-state index contributed by atoms with van der Waals surface area (Å²) in [6.07, 6.45) is 1.86. The summed E-state index contributed by atoms with van der Waals surface area (Å²) in [6.45, 7) is 6.17. The normalized spacial score (nSPS) is 17.0. The van der Waals surface area contributed by atoms with E-state index in [0.717, 1.165) is 17.3 Å². The van der Waals surface area contributed by atoms with E-state index in [2.05, 4.69) is 54.0 Å². The highest BCUT2D eigenvalue weighted by atomic mass is 79.9. The fraction of sp³-hybridized carbons (Fsp3) is 0.318. The molecule has 0 saturated carbocycles. The van der Waals surface area contributed by atoms with Crippen LogP contribution in [0.4, 0.5) is 0 Å². The Balaban J connectivity index is 1.94. The molecule has 2 aliphatic carbocycles. The molecule has 4 rings (SSSR count). The lowest BCUT2D eigenvalue weighted by Gasteiger charge is -2.36. The van der Waals surface area contributed by atoms with Crippen molar-refractivity contribution in [1.82, 2.24) is 0 Å². The summed E-state index contributed by atoms with van der Waals surface area (Å²) >= 11 is 3.74. The first-order chi connectivity index (χ1) is 11.8. The molecule has 0 amide bonds. The minimum atomic E-state index is -0.0794. The average Bonchev–Trinajstić information content (AvgIpc) is 2.95. The molecule has 0 fully saturated rings. The molecule has 0 spiro atoms. The van der Waals surface area contributed by atoms with Gasteiger partial charge in [-0.2, -0.15) is 0 Å². The van der Waals surface area contributed by atoms with Gasteiger partial charge in [-0.25, -0.2) is 0 Å². The number of hydrogen-bond donors (Lipinski definition) is 0. The van der Waals surface area contributed by atoms with Crippen LogP contribution in [-0.2, 0) is 18.3 Å². The highest BCUT2D eigenvalue weighted by Gasteiger charge is 2.39. The van der Waals surface area contributed by atoms with Crippen molar-refractivity contribution in [2.45, 2.75) is 39.0 Å². The first-order valence-corrected chi connectivity index (χ1v) is 9.36. The van der Waals surface area contributed by atoms with Crippen molar-refractivity contribution in [3.05, 3.63) is 68.2 Å². The van der Waals surface area contributed by atoms with Crippen molar-refractivity contribution < 1.29 is 9.53 Å². The Morgan fingerprint density at radius 3 is 2.60 bits per heavy atom. The van der Waals surface area contributed by atoms with Gasteiger partial charge in [0.1, 0.15) is 5.75 Å². The standard InChI is InChI=1S/C22H21BrO2/c1-12(24)15-8-14-9-16-18(10-13-6-5-7-19(23)21(13)16)22(2,3)17(14)11-20(15)25-4/h5-8,11H,9-10H2,1-4H3. The molecule has 2 aliphatic rings. The quantitative estimate of drug-likeness (QED) is 0.626. The number of Topliss-reactive ketones (excluding diaryl/α,β-unsaturated/α-hetero) is 1. The van der Waals surface area contributed by atoms with Crippen LogP contribution in [0.15, 0.2) is 40.4 Å². The molecule has 0 saturated heterocycles. The molecule has 25 heavy (non-hydrogen) atoms. The van der Waals surface area contributed by atoms with Gasteiger partial charge >= 0.3 is 0 Å². The number of ether oxygens (including phenoxy) is 1. The lowest BCUT2D eigenvalue weighted by atomic mass is 9.68. The van der Waals surface area contributed by atoms with Gasteiger partial charge in [0.05, 0.1) is 12.7 Å². The van der Waals surface area contributed by atoms with E-state index in [1.165, 1.54) is 33.4 Å². The molecule has 0 atom stereocenters. The van der Waals surface area contributed by atoms with E-state index in [9.17, 15) is 4.79 Å². The smallest absolute Gasteiger partial charge is 0.163 e. The Bertz CT molecular complexity index is 951. The van der Waals surface area contributed by atoms with Crippen LogP contribution in [-0.4, -0.2) is 12.9 Å². The van der Waals surface area contributed by atoms with Crippen molar-refractivity contribution in [1.29, 1.82) is 0 Å². The number of carbonyl (C=O) groups excluding carboxylic acids is 1. The van der Waals surface area contributed by atoms with Crippen molar-refractivity contribution in [2.75, 3.05) is 7.11 Å². The summed E-state index contributed by atoms with van der Waals surface area (Å²) in [4.78, 5) is 12.1. The summed E-state index contributed by atoms with van der Waals surface area (Å²) in [5.74, 6) is 0.727. The zero-order valence-electron chi connectivity index (χ0n) is 15.0. The van der Waals surface area contributed by atoms with Gasteiger partial charge < -0.3 is 4.74 Å². The number of benzene rings is 2. The fourth-order valence-corrected chi connectivity index (χ4v) is 5.09. The maximum Gasteiger partial charge on any atom is 0.163 e. The van der Waals surface area contributed by atoms with E-state index in [0.29, 0.717) is 11.3 Å². The van der Waals surface area contributed by atoms with Gasteiger partial charge in [-0.3, -0.25) is 4.79 Å². The summed E-state index contributed by atoms with van der Waals surface area (Å²) in [5, 5.41) is 0. The first-order valence-electron chi connectivity index (χ1n) is 8.57. The third kappa shape index (κ3) is 2.32. The molecule has 2 aromatic carbocycles. The van der Waals surface area contributed by atoms with E-state index >= 15 is 0 Å². The van der Waals surface area contributed by atoms with Crippen LogP contribution in [0.3, 0.4) is 0 Å². The van der Waals surface area contributed by atoms with Crippen LogP contribution >= 0.6 is 15.9 Å². The largest absolute Gasteiger partial charge is 0.496 e. The van der Waals surface area contributed by atoms with Gasteiger partial charge in [0.15, 0.2) is 5.78 Å². The van der Waals surface area contributed by atoms with Gasteiger partial charge in [-0.15, -0.1) is 0 Å². The van der Waals surface area contributed by atoms with E-state index in [1.54, 1.807) is 14.0 Å². The lowest BCUT2D eigenvalue weighted by Crippen LogP contribution is -2.27. The summed E-state index contributed by atoms with van der Waals surface area (Å²) < 4.78 is 6.68. The maximum atomic E-state index is 12.1. The Kier molecular flexibility index (Phi) is 3.69. The summed E-state index contributed by atoms with van der Waals surface area (Å²) in [5.41, 5.74) is 8.74. The van der Waals surface area contributed by atoms with Crippen molar-refractivity contribution in [3.63, 3.8) is 0 Å². The number of methoxy groups -OCH3 is 1. The summed E-state index contributed by atoms with van der Waals surface area (Å²) in [7, 11) is 1.64. The predicted molar refractivity (Wildman–Crippen MR) is 104 cm³/mol. The molecule has 0 N–H and O–H groups in total. The van der Waals surface area contributed by atoms with Crippen LogP contribution in [0.25, 0.3) is 5.57 Å². The van der Waals surface area contributed by atoms with Gasteiger partial charge in [-0.1, -0.05) is 47.5 Å². The zero-order valence-corrected chi connectivity index (χ0v) is 16.6. The molecule has 2 nitrogen and oxygen atoms in total. The minimum absolute atomic E-state index is 0.0465. The highest BCUT2D eigenvalue weighted by Crippen LogP contribution is 2.52. The number of allylic oxidation sites excluding steroid dienone is 2. The highest BCUT2D eigenvalue weighted by molar-refractivity contribution is 9.10. The van der Waals surface area contributed by atoms with E-state index < -0.39 is 0 Å². The fourth-order valence-electron chi connectivity index (χ4n) is 4.45. The third-order valence-electron chi connectivity index (χ3n) is 5.73. The molecule has 0 aliphatic heterocycles. The van der Waals surface area contributed by atoms with Crippen LogP contribution in [0.2, 0.25) is 0 Å². The van der Waals surface area contributed by atoms with Gasteiger partial charge in [0.2, 0.25) is 0 Å². The Morgan fingerprint density at radius 2 is 1.92 bits per heavy atom.